The number of nitrogens with zero attached hydrogens (tertiary/aromatic N) is 4. The Morgan fingerprint density at radius 1 is 1.11 bits per heavy atom. The first-order valence-corrected chi connectivity index (χ1v) is 6.10. The van der Waals surface area contributed by atoms with E-state index < -0.39 is 0 Å². The lowest BCUT2D eigenvalue weighted by molar-refractivity contribution is 0.568. The molecule has 0 saturated heterocycles. The third-order valence-corrected chi connectivity index (χ3v) is 2.85. The molecule has 0 N–H and O–H groups in total. The van der Waals surface area contributed by atoms with Crippen LogP contribution in [0.1, 0.15) is 17.3 Å². The summed E-state index contributed by atoms with van der Waals surface area (Å²) in [4.78, 5) is 8.74. The molecule has 1 aromatic carbocycles. The van der Waals surface area contributed by atoms with Gasteiger partial charge < -0.3 is 4.42 Å². The van der Waals surface area contributed by atoms with E-state index in [-0.39, 0.29) is 0 Å². The summed E-state index contributed by atoms with van der Waals surface area (Å²) in [5.41, 5.74) is 1.81. The van der Waals surface area contributed by atoms with Gasteiger partial charge in [-0.2, -0.15) is 5.10 Å². The highest BCUT2D eigenvalue weighted by molar-refractivity contribution is 5.52. The Hall–Kier alpha value is -2.43. The fourth-order valence-corrected chi connectivity index (χ4v) is 1.96. The SMILES string of the molecule is Cc1nc(C)n(Cc2coc(-c3ccccc3)n2)n1. The summed E-state index contributed by atoms with van der Waals surface area (Å²) in [6.07, 6.45) is 1.67. The van der Waals surface area contributed by atoms with Crippen LogP contribution >= 0.6 is 0 Å². The van der Waals surface area contributed by atoms with Crippen LogP contribution in [0.2, 0.25) is 0 Å². The Morgan fingerprint density at radius 2 is 1.89 bits per heavy atom. The summed E-state index contributed by atoms with van der Waals surface area (Å²) in [5.74, 6) is 2.27. The van der Waals surface area contributed by atoms with Crippen molar-refractivity contribution in [3.05, 3.63) is 53.9 Å². The molecule has 0 fully saturated rings. The van der Waals surface area contributed by atoms with E-state index in [1.165, 1.54) is 0 Å². The third-order valence-electron chi connectivity index (χ3n) is 2.85. The largest absolute Gasteiger partial charge is 0.444 e. The van der Waals surface area contributed by atoms with E-state index in [0.717, 1.165) is 22.9 Å². The molecule has 3 rings (SSSR count). The fraction of sp³-hybridized carbons (Fsp3) is 0.214. The molecule has 2 heterocycles. The molecule has 2 aromatic heterocycles. The molecule has 3 aromatic rings. The van der Waals surface area contributed by atoms with Crippen LogP contribution in [0, 0.1) is 13.8 Å². The molecule has 0 aliphatic carbocycles. The first-order chi connectivity index (χ1) is 9.22. The molecule has 0 saturated carbocycles. The zero-order chi connectivity index (χ0) is 13.2. The van der Waals surface area contributed by atoms with Crippen LogP contribution in [-0.2, 0) is 6.54 Å². The van der Waals surface area contributed by atoms with Crippen molar-refractivity contribution in [1.82, 2.24) is 19.7 Å². The molecule has 0 aliphatic heterocycles. The highest BCUT2D eigenvalue weighted by atomic mass is 16.3. The van der Waals surface area contributed by atoms with Gasteiger partial charge in [0.05, 0.1) is 6.54 Å². The Labute approximate surface area is 110 Å². The molecule has 0 atom stereocenters. The molecular weight excluding hydrogens is 240 g/mol. The summed E-state index contributed by atoms with van der Waals surface area (Å²) in [6, 6.07) is 9.84. The van der Waals surface area contributed by atoms with Crippen LogP contribution in [-0.4, -0.2) is 19.7 Å². The Bertz CT molecular complexity index is 685. The molecule has 5 nitrogen and oxygen atoms in total. The van der Waals surface area contributed by atoms with Gasteiger partial charge in [-0.3, -0.25) is 0 Å². The zero-order valence-electron chi connectivity index (χ0n) is 10.9. The molecule has 19 heavy (non-hydrogen) atoms. The quantitative estimate of drug-likeness (QED) is 0.721. The summed E-state index contributed by atoms with van der Waals surface area (Å²) < 4.78 is 7.32. The number of aromatic nitrogens is 4. The third kappa shape index (κ3) is 2.40. The minimum Gasteiger partial charge on any atom is -0.444 e. The standard InChI is InChI=1S/C14H14N4O/c1-10-15-11(2)18(17-10)8-13-9-19-14(16-13)12-6-4-3-5-7-12/h3-7,9H,8H2,1-2H3. The van der Waals surface area contributed by atoms with Crippen molar-refractivity contribution in [1.29, 1.82) is 0 Å². The van der Waals surface area contributed by atoms with E-state index in [2.05, 4.69) is 15.1 Å². The van der Waals surface area contributed by atoms with Crippen molar-refractivity contribution in [2.75, 3.05) is 0 Å². The lowest BCUT2D eigenvalue weighted by Gasteiger charge is -1.98. The average molecular weight is 254 g/mol. The molecule has 0 bridgehead atoms. The lowest BCUT2D eigenvalue weighted by atomic mass is 10.2. The predicted molar refractivity (Wildman–Crippen MR) is 70.5 cm³/mol. The number of rotatable bonds is 3. The van der Waals surface area contributed by atoms with Crippen molar-refractivity contribution in [3.63, 3.8) is 0 Å². The van der Waals surface area contributed by atoms with Crippen molar-refractivity contribution in [3.8, 4) is 11.5 Å². The highest BCUT2D eigenvalue weighted by Crippen LogP contribution is 2.18. The molecule has 0 radical (unpaired) electrons. The number of oxazole rings is 1. The number of benzene rings is 1. The Kier molecular flexibility index (Phi) is 2.87. The number of hydrogen-bond acceptors (Lipinski definition) is 4. The molecule has 96 valence electrons. The van der Waals surface area contributed by atoms with Gasteiger partial charge in [-0.1, -0.05) is 18.2 Å². The van der Waals surface area contributed by atoms with Crippen molar-refractivity contribution < 1.29 is 4.42 Å². The van der Waals surface area contributed by atoms with Gasteiger partial charge in [0.2, 0.25) is 5.89 Å². The normalized spacial score (nSPS) is 10.8. The molecule has 0 aliphatic rings. The van der Waals surface area contributed by atoms with E-state index in [1.807, 2.05) is 48.9 Å². The fourth-order valence-electron chi connectivity index (χ4n) is 1.96. The van der Waals surface area contributed by atoms with Crippen molar-refractivity contribution in [2.45, 2.75) is 20.4 Å². The summed E-state index contributed by atoms with van der Waals surface area (Å²) in [5, 5.41) is 4.31. The minimum atomic E-state index is 0.572. The zero-order valence-corrected chi connectivity index (χ0v) is 10.9. The van der Waals surface area contributed by atoms with Gasteiger partial charge in [0, 0.05) is 5.56 Å². The van der Waals surface area contributed by atoms with Crippen LogP contribution in [0.25, 0.3) is 11.5 Å². The van der Waals surface area contributed by atoms with Gasteiger partial charge in [0.25, 0.3) is 0 Å². The predicted octanol–water partition coefficient (Wildman–Crippen LogP) is 2.60. The van der Waals surface area contributed by atoms with E-state index in [1.54, 1.807) is 6.26 Å². The second kappa shape index (κ2) is 4.68. The van der Waals surface area contributed by atoms with E-state index in [0.29, 0.717) is 12.4 Å². The van der Waals surface area contributed by atoms with E-state index in [9.17, 15) is 0 Å². The van der Waals surface area contributed by atoms with Gasteiger partial charge in [0.1, 0.15) is 23.6 Å². The molecule has 0 amide bonds. The van der Waals surface area contributed by atoms with E-state index >= 15 is 0 Å². The smallest absolute Gasteiger partial charge is 0.226 e. The van der Waals surface area contributed by atoms with Gasteiger partial charge in [0.15, 0.2) is 0 Å². The second-order valence-corrected chi connectivity index (χ2v) is 4.37. The van der Waals surface area contributed by atoms with Crippen LogP contribution in [0.15, 0.2) is 41.0 Å². The topological polar surface area (TPSA) is 56.7 Å². The van der Waals surface area contributed by atoms with Crippen LogP contribution in [0.5, 0.6) is 0 Å². The van der Waals surface area contributed by atoms with Crippen LogP contribution in [0.3, 0.4) is 0 Å². The molecule has 0 spiro atoms. The first kappa shape index (κ1) is 11.6. The number of aryl methyl sites for hydroxylation is 2. The second-order valence-electron chi connectivity index (χ2n) is 4.37. The molecular formula is C14H14N4O. The molecule has 0 unspecified atom stereocenters. The number of hydrogen-bond donors (Lipinski definition) is 0. The average Bonchev–Trinajstić information content (AvgIpc) is 2.99. The van der Waals surface area contributed by atoms with Gasteiger partial charge in [-0.05, 0) is 26.0 Å². The van der Waals surface area contributed by atoms with Gasteiger partial charge in [-0.15, -0.1) is 0 Å². The Balaban J connectivity index is 1.84. The highest BCUT2D eigenvalue weighted by Gasteiger charge is 2.09. The first-order valence-electron chi connectivity index (χ1n) is 6.10. The maximum absolute atomic E-state index is 5.50. The summed E-state index contributed by atoms with van der Waals surface area (Å²) >= 11 is 0. The monoisotopic (exact) mass is 254 g/mol. The van der Waals surface area contributed by atoms with E-state index in [4.69, 9.17) is 4.42 Å². The minimum absolute atomic E-state index is 0.572. The summed E-state index contributed by atoms with van der Waals surface area (Å²) in [6.45, 7) is 4.38. The van der Waals surface area contributed by atoms with Crippen LogP contribution < -0.4 is 0 Å². The maximum Gasteiger partial charge on any atom is 0.226 e. The van der Waals surface area contributed by atoms with Crippen molar-refractivity contribution >= 4 is 0 Å². The molecule has 5 heteroatoms. The Morgan fingerprint density at radius 3 is 2.58 bits per heavy atom. The van der Waals surface area contributed by atoms with Gasteiger partial charge >= 0.3 is 0 Å². The lowest BCUT2D eigenvalue weighted by Crippen LogP contribution is -2.04. The van der Waals surface area contributed by atoms with Crippen molar-refractivity contribution in [2.24, 2.45) is 0 Å². The van der Waals surface area contributed by atoms with Gasteiger partial charge in [-0.25, -0.2) is 14.6 Å². The maximum atomic E-state index is 5.50. The summed E-state index contributed by atoms with van der Waals surface area (Å²) in [7, 11) is 0. The van der Waals surface area contributed by atoms with Crippen LogP contribution in [0.4, 0.5) is 0 Å².